The first-order valence-corrected chi connectivity index (χ1v) is 11.9. The minimum absolute atomic E-state index is 0.0730. The molecule has 0 spiro atoms. The Morgan fingerprint density at radius 3 is 2.76 bits per heavy atom. The average molecular weight is 455 g/mol. The van der Waals surface area contributed by atoms with Crippen molar-refractivity contribution < 1.29 is 0 Å². The number of rotatable bonds is 4. The van der Waals surface area contributed by atoms with Crippen molar-refractivity contribution >= 4 is 39.3 Å². The molecule has 1 saturated carbocycles. The van der Waals surface area contributed by atoms with E-state index in [0.717, 1.165) is 68.5 Å². The van der Waals surface area contributed by atoms with E-state index in [1.54, 1.807) is 16.8 Å². The van der Waals surface area contributed by atoms with Crippen LogP contribution in [-0.2, 0) is 0 Å². The number of hydrogen-bond acceptors (Lipinski definition) is 7. The SMILES string of the molecule is N#Cc1cc2cnc(Nc3ccc4[nH]cc(N5CCNCC5)c4c3)nc2n(C2CCCC2)c1=O. The summed E-state index contributed by atoms with van der Waals surface area (Å²) >= 11 is 0. The van der Waals surface area contributed by atoms with Crippen LogP contribution in [0.1, 0.15) is 37.3 Å². The van der Waals surface area contributed by atoms with E-state index >= 15 is 0 Å². The van der Waals surface area contributed by atoms with Gasteiger partial charge in [-0.2, -0.15) is 10.2 Å². The Hall–Kier alpha value is -3.90. The molecule has 0 radical (unpaired) electrons. The van der Waals surface area contributed by atoms with Gasteiger partial charge in [0.1, 0.15) is 17.3 Å². The van der Waals surface area contributed by atoms with Crippen LogP contribution in [0, 0.1) is 11.3 Å². The third kappa shape index (κ3) is 3.56. The summed E-state index contributed by atoms with van der Waals surface area (Å²) in [7, 11) is 0. The summed E-state index contributed by atoms with van der Waals surface area (Å²) in [6.07, 6.45) is 7.78. The van der Waals surface area contributed by atoms with Crippen LogP contribution < -0.4 is 21.1 Å². The number of anilines is 3. The minimum Gasteiger partial charge on any atom is -0.367 e. The third-order valence-corrected chi connectivity index (χ3v) is 6.96. The second-order valence-corrected chi connectivity index (χ2v) is 9.05. The van der Waals surface area contributed by atoms with Gasteiger partial charge in [0.2, 0.25) is 5.95 Å². The molecule has 1 aliphatic carbocycles. The van der Waals surface area contributed by atoms with Crippen LogP contribution in [0.3, 0.4) is 0 Å². The van der Waals surface area contributed by atoms with Gasteiger partial charge in [-0.15, -0.1) is 0 Å². The monoisotopic (exact) mass is 454 g/mol. The van der Waals surface area contributed by atoms with E-state index < -0.39 is 0 Å². The number of fused-ring (bicyclic) bond motifs is 2. The van der Waals surface area contributed by atoms with Crippen molar-refractivity contribution in [3.63, 3.8) is 0 Å². The maximum atomic E-state index is 13.0. The molecule has 4 aromatic rings. The predicted molar refractivity (Wildman–Crippen MR) is 133 cm³/mol. The van der Waals surface area contributed by atoms with Gasteiger partial charge in [-0.3, -0.25) is 9.36 Å². The van der Waals surface area contributed by atoms with Gasteiger partial charge in [0, 0.05) is 66.6 Å². The highest BCUT2D eigenvalue weighted by molar-refractivity contribution is 5.95. The Labute approximate surface area is 196 Å². The first kappa shape index (κ1) is 20.7. The highest BCUT2D eigenvalue weighted by Crippen LogP contribution is 2.32. The molecule has 3 N–H and O–H groups in total. The van der Waals surface area contributed by atoms with Crippen molar-refractivity contribution in [2.75, 3.05) is 36.4 Å². The Kier molecular flexibility index (Phi) is 5.15. The van der Waals surface area contributed by atoms with Crippen molar-refractivity contribution in [1.29, 1.82) is 5.26 Å². The van der Waals surface area contributed by atoms with E-state index in [0.29, 0.717) is 17.0 Å². The lowest BCUT2D eigenvalue weighted by Crippen LogP contribution is -2.43. The molecule has 1 saturated heterocycles. The summed E-state index contributed by atoms with van der Waals surface area (Å²) in [6, 6.07) is 9.87. The van der Waals surface area contributed by atoms with Crippen LogP contribution >= 0.6 is 0 Å². The second kappa shape index (κ2) is 8.47. The largest absolute Gasteiger partial charge is 0.367 e. The molecule has 172 valence electrons. The van der Waals surface area contributed by atoms with Crippen LogP contribution in [0.2, 0.25) is 0 Å². The van der Waals surface area contributed by atoms with Crippen LogP contribution in [0.15, 0.2) is 41.5 Å². The summed E-state index contributed by atoms with van der Waals surface area (Å²) in [5, 5.41) is 18.0. The molecular formula is C25H26N8O. The zero-order chi connectivity index (χ0) is 23.1. The summed E-state index contributed by atoms with van der Waals surface area (Å²) < 4.78 is 1.71. The molecule has 1 aliphatic heterocycles. The lowest BCUT2D eigenvalue weighted by atomic mass is 10.2. The Balaban J connectivity index is 1.38. The Morgan fingerprint density at radius 1 is 1.15 bits per heavy atom. The van der Waals surface area contributed by atoms with Crippen molar-refractivity contribution in [3.05, 3.63) is 52.6 Å². The molecule has 0 unspecified atom stereocenters. The van der Waals surface area contributed by atoms with E-state index in [1.165, 1.54) is 5.69 Å². The maximum absolute atomic E-state index is 13.0. The van der Waals surface area contributed by atoms with Crippen molar-refractivity contribution in [1.82, 2.24) is 24.8 Å². The van der Waals surface area contributed by atoms with Gasteiger partial charge in [0.25, 0.3) is 5.56 Å². The molecule has 1 aromatic carbocycles. The second-order valence-electron chi connectivity index (χ2n) is 9.05. The number of H-pyrrole nitrogens is 1. The van der Waals surface area contributed by atoms with Gasteiger partial charge in [0.15, 0.2) is 0 Å². The fraction of sp³-hybridized carbons (Fsp3) is 0.360. The number of aromatic amines is 1. The summed E-state index contributed by atoms with van der Waals surface area (Å²) in [6.45, 7) is 3.90. The topological polar surface area (TPSA) is 115 Å². The maximum Gasteiger partial charge on any atom is 0.270 e. The molecule has 4 heterocycles. The summed E-state index contributed by atoms with van der Waals surface area (Å²) in [4.78, 5) is 28.0. The summed E-state index contributed by atoms with van der Waals surface area (Å²) in [5.41, 5.74) is 3.61. The Bertz CT molecular complexity index is 1470. The number of benzene rings is 1. The molecule has 34 heavy (non-hydrogen) atoms. The van der Waals surface area contributed by atoms with E-state index in [2.05, 4.69) is 43.8 Å². The van der Waals surface area contributed by atoms with Gasteiger partial charge >= 0.3 is 0 Å². The highest BCUT2D eigenvalue weighted by Gasteiger charge is 2.23. The number of nitrogens with one attached hydrogen (secondary N) is 3. The average Bonchev–Trinajstić information content (AvgIpc) is 3.54. The van der Waals surface area contributed by atoms with E-state index in [1.807, 2.05) is 12.1 Å². The molecule has 0 atom stereocenters. The first-order chi connectivity index (χ1) is 16.7. The molecular weight excluding hydrogens is 428 g/mol. The van der Waals surface area contributed by atoms with Gasteiger partial charge < -0.3 is 20.5 Å². The standard InChI is InChI=1S/C25H26N8O/c26-13-16-11-17-14-29-25(31-23(17)33(24(16)34)19-3-1-2-4-19)30-18-5-6-21-20(12-18)22(15-28-21)32-9-7-27-8-10-32/h5-6,11-12,14-15,19,27-28H,1-4,7-10H2,(H,29,30,31). The smallest absolute Gasteiger partial charge is 0.270 e. The molecule has 2 fully saturated rings. The van der Waals surface area contributed by atoms with Crippen LogP contribution in [0.4, 0.5) is 17.3 Å². The lowest BCUT2D eigenvalue weighted by molar-refractivity contribution is 0.515. The molecule has 9 heteroatoms. The van der Waals surface area contributed by atoms with E-state index in [9.17, 15) is 10.1 Å². The van der Waals surface area contributed by atoms with Gasteiger partial charge in [-0.05, 0) is 37.1 Å². The normalized spacial score (nSPS) is 16.9. The fourth-order valence-corrected chi connectivity index (χ4v) is 5.24. The van der Waals surface area contributed by atoms with Crippen LogP contribution in [0.25, 0.3) is 21.9 Å². The lowest BCUT2D eigenvalue weighted by Gasteiger charge is -2.28. The van der Waals surface area contributed by atoms with Crippen LogP contribution in [-0.4, -0.2) is 45.7 Å². The quantitative estimate of drug-likeness (QED) is 0.433. The molecule has 3 aromatic heterocycles. The van der Waals surface area contributed by atoms with Gasteiger partial charge in [-0.25, -0.2) is 4.98 Å². The summed E-state index contributed by atoms with van der Waals surface area (Å²) in [5.74, 6) is 0.432. The van der Waals surface area contributed by atoms with E-state index in [-0.39, 0.29) is 17.2 Å². The van der Waals surface area contributed by atoms with Crippen molar-refractivity contribution in [3.8, 4) is 6.07 Å². The highest BCUT2D eigenvalue weighted by atomic mass is 16.1. The zero-order valence-corrected chi connectivity index (χ0v) is 18.8. The van der Waals surface area contributed by atoms with E-state index in [4.69, 9.17) is 4.98 Å². The van der Waals surface area contributed by atoms with Gasteiger partial charge in [0.05, 0.1) is 5.69 Å². The molecule has 0 amide bonds. The minimum atomic E-state index is -0.263. The first-order valence-electron chi connectivity index (χ1n) is 11.9. The number of nitrogens with zero attached hydrogens (tertiary/aromatic N) is 5. The molecule has 9 nitrogen and oxygen atoms in total. The number of hydrogen-bond donors (Lipinski definition) is 3. The van der Waals surface area contributed by atoms with Crippen molar-refractivity contribution in [2.45, 2.75) is 31.7 Å². The number of pyridine rings is 1. The number of aromatic nitrogens is 4. The third-order valence-electron chi connectivity index (χ3n) is 6.96. The predicted octanol–water partition coefficient (Wildman–Crippen LogP) is 3.41. The molecule has 2 aliphatic rings. The van der Waals surface area contributed by atoms with Crippen molar-refractivity contribution in [2.24, 2.45) is 0 Å². The molecule has 0 bridgehead atoms. The zero-order valence-electron chi connectivity index (χ0n) is 18.8. The fourth-order valence-electron chi connectivity index (χ4n) is 5.24. The molecule has 6 rings (SSSR count). The number of nitriles is 1. The van der Waals surface area contributed by atoms with Gasteiger partial charge in [-0.1, -0.05) is 12.8 Å². The van der Waals surface area contributed by atoms with Crippen LogP contribution in [0.5, 0.6) is 0 Å². The Morgan fingerprint density at radius 2 is 1.97 bits per heavy atom. The number of piperazine rings is 1.